The highest BCUT2D eigenvalue weighted by molar-refractivity contribution is 6.79. The fourth-order valence-electron chi connectivity index (χ4n) is 1.50. The van der Waals surface area contributed by atoms with Gasteiger partial charge in [0.25, 0.3) is 0 Å². The first-order valence-electron chi connectivity index (χ1n) is 5.14. The highest BCUT2D eigenvalue weighted by Crippen LogP contribution is 2.23. The van der Waals surface area contributed by atoms with Crippen molar-refractivity contribution in [2.24, 2.45) is 0 Å². The van der Waals surface area contributed by atoms with E-state index in [9.17, 15) is 0 Å². The van der Waals surface area contributed by atoms with Gasteiger partial charge in [0.1, 0.15) is 0 Å². The minimum absolute atomic E-state index is 0.691. The van der Waals surface area contributed by atoms with Crippen LogP contribution in [0.5, 0.6) is 0 Å². The third-order valence-electron chi connectivity index (χ3n) is 3.00. The molecule has 0 saturated heterocycles. The van der Waals surface area contributed by atoms with E-state index in [2.05, 4.69) is 27.7 Å². The molecule has 0 saturated carbocycles. The Morgan fingerprint density at radius 3 is 0.786 bits per heavy atom. The van der Waals surface area contributed by atoms with Crippen molar-refractivity contribution in [2.75, 3.05) is 0 Å². The summed E-state index contributed by atoms with van der Waals surface area (Å²) in [5.41, 5.74) is 0. The Hall–Kier alpha value is 0.274. The van der Waals surface area contributed by atoms with E-state index >= 15 is 0 Å². The van der Waals surface area contributed by atoms with E-state index in [-0.39, 0.29) is 0 Å². The van der Waals surface area contributed by atoms with E-state index in [0.29, 0.717) is 0 Å². The van der Waals surface area contributed by atoms with Crippen LogP contribution >= 0.6 is 0 Å². The van der Waals surface area contributed by atoms with E-state index in [1.165, 1.54) is 24.2 Å². The van der Waals surface area contributed by atoms with Gasteiger partial charge in [0.15, 0.2) is 0 Å². The van der Waals surface area contributed by atoms with Crippen molar-refractivity contribution in [1.82, 2.24) is 0 Å². The molecule has 14 heavy (non-hydrogen) atoms. The van der Waals surface area contributed by atoms with Crippen molar-refractivity contribution in [1.29, 1.82) is 0 Å². The molecule has 0 aliphatic rings. The third-order valence-corrected chi connectivity index (χ3v) is 9.00. The van der Waals surface area contributed by atoms with Crippen molar-refractivity contribution < 1.29 is 19.2 Å². The maximum absolute atomic E-state index is 7.33. The molecule has 0 fully saturated rings. The lowest BCUT2D eigenvalue weighted by molar-refractivity contribution is 0.117. The summed E-state index contributed by atoms with van der Waals surface area (Å²) in [4.78, 5) is 29.3. The smallest absolute Gasteiger partial charge is 0.368 e. The maximum atomic E-state index is 7.33. The summed E-state index contributed by atoms with van der Waals surface area (Å²) < 4.78 is 0. The van der Waals surface area contributed by atoms with Crippen LogP contribution in [0.4, 0.5) is 0 Å². The first-order valence-corrected chi connectivity index (χ1v) is 9.75. The second-order valence-electron chi connectivity index (χ2n) is 3.51. The van der Waals surface area contributed by atoms with Crippen molar-refractivity contribution in [3.8, 4) is 0 Å². The van der Waals surface area contributed by atoms with Gasteiger partial charge in [-0.1, -0.05) is 51.9 Å². The van der Waals surface area contributed by atoms with Crippen LogP contribution in [0.1, 0.15) is 27.7 Å². The zero-order chi connectivity index (χ0) is 11.8. The normalized spacial score (nSPS) is 12.0. The van der Waals surface area contributed by atoms with Crippen LogP contribution in [-0.2, 0) is 0 Å². The Morgan fingerprint density at radius 1 is 0.643 bits per heavy atom. The van der Waals surface area contributed by atoms with Gasteiger partial charge in [-0.3, -0.25) is 0 Å². The second-order valence-corrected chi connectivity index (χ2v) is 10.5. The molecule has 4 N–H and O–H groups in total. The first kappa shape index (κ1) is 16.7. The largest absolute Gasteiger partial charge is 0.668 e. The maximum Gasteiger partial charge on any atom is 0.668 e. The summed E-state index contributed by atoms with van der Waals surface area (Å²) in [6.45, 7) is 9.46. The molecule has 0 spiro atoms. The molecule has 88 valence electrons. The molecule has 0 rings (SSSR count). The summed E-state index contributed by atoms with van der Waals surface area (Å²) >= 11 is 0. The molecule has 0 amide bonds. The zero-order valence-corrected chi connectivity index (χ0v) is 11.6. The third kappa shape index (κ3) is 10.4. The van der Waals surface area contributed by atoms with Crippen LogP contribution in [0.15, 0.2) is 0 Å². The minimum Gasteiger partial charge on any atom is -0.368 e. The van der Waals surface area contributed by atoms with Crippen molar-refractivity contribution in [3.05, 3.63) is 0 Å². The summed E-state index contributed by atoms with van der Waals surface area (Å²) in [7, 11) is -5.30. The van der Waals surface area contributed by atoms with Gasteiger partial charge in [-0.05, 0) is 0 Å². The molecule has 0 radical (unpaired) electrons. The lowest BCUT2D eigenvalue weighted by Crippen LogP contribution is -2.33. The van der Waals surface area contributed by atoms with Crippen molar-refractivity contribution in [2.45, 2.75) is 51.9 Å². The van der Waals surface area contributed by atoms with E-state index in [0.717, 1.165) is 0 Å². The molecule has 0 aromatic rings. The van der Waals surface area contributed by atoms with Gasteiger partial charge in [0.2, 0.25) is 0 Å². The van der Waals surface area contributed by atoms with Crippen molar-refractivity contribution in [3.63, 3.8) is 0 Å². The average Bonchev–Trinajstić information content (AvgIpc) is 2.07. The van der Waals surface area contributed by atoms with Crippen LogP contribution in [0, 0.1) is 0 Å². The lowest BCUT2D eigenvalue weighted by atomic mass is 10.9. The molecule has 0 aliphatic heterocycles. The molecule has 0 aromatic heterocycles. The lowest BCUT2D eigenvalue weighted by Gasteiger charge is -2.25. The SMILES string of the molecule is CC[Si](CC)(CC)CC.O[Si](O)(O)O. The first-order chi connectivity index (χ1) is 6.24. The van der Waals surface area contributed by atoms with Crippen molar-refractivity contribution >= 4 is 17.1 Å². The second kappa shape index (κ2) is 7.55. The highest BCUT2D eigenvalue weighted by atomic mass is 28.4. The number of hydrogen-bond acceptors (Lipinski definition) is 4. The van der Waals surface area contributed by atoms with Crippen LogP contribution in [-0.4, -0.2) is 36.3 Å². The Bertz CT molecular complexity index is 108. The van der Waals surface area contributed by atoms with Gasteiger partial charge in [0, 0.05) is 0 Å². The van der Waals surface area contributed by atoms with Gasteiger partial charge in [-0.2, -0.15) is 0 Å². The molecule has 0 atom stereocenters. The molecule has 0 heterocycles. The molecular weight excluding hydrogens is 216 g/mol. The van der Waals surface area contributed by atoms with E-state index < -0.39 is 17.1 Å². The zero-order valence-electron chi connectivity index (χ0n) is 9.62. The number of rotatable bonds is 4. The van der Waals surface area contributed by atoms with Crippen LogP contribution in [0.25, 0.3) is 0 Å². The molecule has 0 aromatic carbocycles. The van der Waals surface area contributed by atoms with E-state index in [1.54, 1.807) is 0 Å². The Kier molecular flexibility index (Phi) is 9.00. The monoisotopic (exact) mass is 240 g/mol. The summed E-state index contributed by atoms with van der Waals surface area (Å²) in [6.07, 6.45) is 0. The van der Waals surface area contributed by atoms with Crippen LogP contribution in [0.3, 0.4) is 0 Å². The fourth-order valence-corrected chi connectivity index (χ4v) is 4.50. The molecule has 0 aliphatic carbocycles. The standard InChI is InChI=1S/C8H20Si.H4O4Si/c1-5-9(6-2,7-3)8-4;1-5(2,3)4/h5-8H2,1-4H3;1-4H. The van der Waals surface area contributed by atoms with Gasteiger partial charge < -0.3 is 19.2 Å². The predicted molar refractivity (Wildman–Crippen MR) is 62.3 cm³/mol. The van der Waals surface area contributed by atoms with E-state index in [4.69, 9.17) is 19.2 Å². The molecule has 4 nitrogen and oxygen atoms in total. The van der Waals surface area contributed by atoms with Gasteiger partial charge in [-0.25, -0.2) is 0 Å². The van der Waals surface area contributed by atoms with Gasteiger partial charge >= 0.3 is 9.05 Å². The average molecular weight is 240 g/mol. The Morgan fingerprint density at radius 2 is 0.786 bits per heavy atom. The fraction of sp³-hybridized carbons (Fsp3) is 1.00. The van der Waals surface area contributed by atoms with E-state index in [1.807, 2.05) is 0 Å². The predicted octanol–water partition coefficient (Wildman–Crippen LogP) is 0.906. The quantitative estimate of drug-likeness (QED) is 0.551. The summed E-state index contributed by atoms with van der Waals surface area (Å²) in [5, 5.41) is 0. The Labute approximate surface area is 88.7 Å². The van der Waals surface area contributed by atoms with Crippen LogP contribution < -0.4 is 0 Å². The highest BCUT2D eigenvalue weighted by Gasteiger charge is 2.23. The minimum atomic E-state index is -4.61. The molecule has 0 bridgehead atoms. The molecule has 0 unspecified atom stereocenters. The Balaban J connectivity index is 0. The molecular formula is C8H24O4Si2. The topological polar surface area (TPSA) is 80.9 Å². The van der Waals surface area contributed by atoms with Gasteiger partial charge in [-0.15, -0.1) is 0 Å². The summed E-state index contributed by atoms with van der Waals surface area (Å²) in [5.74, 6) is 0. The number of hydrogen-bond donors (Lipinski definition) is 4. The van der Waals surface area contributed by atoms with Crippen LogP contribution in [0.2, 0.25) is 24.2 Å². The molecule has 6 heteroatoms. The summed E-state index contributed by atoms with van der Waals surface area (Å²) in [6, 6.07) is 5.93. The van der Waals surface area contributed by atoms with Gasteiger partial charge in [0.05, 0.1) is 8.07 Å².